The second kappa shape index (κ2) is 2.19. The fourth-order valence-corrected chi connectivity index (χ4v) is 2.45. The number of imidazole rings is 1. The minimum Gasteiger partial charge on any atom is -0.306 e. The van der Waals surface area contributed by atoms with Crippen molar-refractivity contribution in [1.29, 1.82) is 0 Å². The van der Waals surface area contributed by atoms with Gasteiger partial charge in [-0.1, -0.05) is 20.7 Å². The van der Waals surface area contributed by atoms with Crippen LogP contribution in [-0.4, -0.2) is 14.0 Å². The molecule has 1 aliphatic heterocycles. The summed E-state index contributed by atoms with van der Waals surface area (Å²) in [6, 6.07) is 0. The maximum Gasteiger partial charge on any atom is 0.323 e. The number of fused-ring (bicyclic) bond motifs is 1. The monoisotopic (exact) mass is 248 g/mol. The molecule has 0 aromatic carbocycles. The summed E-state index contributed by atoms with van der Waals surface area (Å²) >= 11 is 0.0434. The number of halogens is 1. The zero-order valence-electron chi connectivity index (χ0n) is 5.02. The van der Waals surface area contributed by atoms with Crippen LogP contribution in [0.25, 0.3) is 10.2 Å². The molecule has 10 heavy (non-hydrogen) atoms. The van der Waals surface area contributed by atoms with E-state index in [9.17, 15) is 4.79 Å². The smallest absolute Gasteiger partial charge is 0.306 e. The Morgan fingerprint density at radius 2 is 2.10 bits per heavy atom. The van der Waals surface area contributed by atoms with Crippen molar-refractivity contribution in [3.63, 3.8) is 0 Å². The van der Waals surface area contributed by atoms with Crippen molar-refractivity contribution in [3.05, 3.63) is 21.2 Å². The van der Waals surface area contributed by atoms with Crippen molar-refractivity contribution in [1.82, 2.24) is 9.97 Å². The molecule has 0 bridgehead atoms. The minimum atomic E-state index is -0.114. The van der Waals surface area contributed by atoms with Gasteiger partial charge in [-0.2, -0.15) is 0 Å². The van der Waals surface area contributed by atoms with Gasteiger partial charge in [0, 0.05) is 0 Å². The van der Waals surface area contributed by atoms with Gasteiger partial charge < -0.3 is 9.97 Å². The van der Waals surface area contributed by atoms with Gasteiger partial charge in [-0.05, 0) is 14.2 Å². The molecular formula is C6H5IN2O. The lowest BCUT2D eigenvalue weighted by Crippen LogP contribution is -2.24. The Kier molecular flexibility index (Phi) is 1.33. The molecule has 52 valence electrons. The number of aromatic amines is 2. The minimum absolute atomic E-state index is 0.0434. The summed E-state index contributed by atoms with van der Waals surface area (Å²) in [6.07, 6.45) is 1.96. The number of H-pyrrole nitrogens is 2. The van der Waals surface area contributed by atoms with Gasteiger partial charge >= 0.3 is 5.69 Å². The number of nitrogens with one attached hydrogen (secondary N) is 2. The summed E-state index contributed by atoms with van der Waals surface area (Å²) in [5, 5.41) is 1.87. The van der Waals surface area contributed by atoms with E-state index in [0.29, 0.717) is 0 Å². The molecule has 0 fully saturated rings. The van der Waals surface area contributed by atoms with Gasteiger partial charge in [0.05, 0.1) is 10.7 Å². The van der Waals surface area contributed by atoms with Gasteiger partial charge in [0.1, 0.15) is 0 Å². The largest absolute Gasteiger partial charge is 0.323 e. The molecule has 2 rings (SSSR count). The van der Waals surface area contributed by atoms with Gasteiger partial charge in [-0.25, -0.2) is 4.79 Å². The summed E-state index contributed by atoms with van der Waals surface area (Å²) in [7, 11) is 0. The van der Waals surface area contributed by atoms with Crippen LogP contribution in [0.4, 0.5) is 0 Å². The first kappa shape index (κ1) is 6.09. The molecule has 0 unspecified atom stereocenters. The van der Waals surface area contributed by atoms with Crippen LogP contribution in [0.3, 0.4) is 0 Å². The van der Waals surface area contributed by atoms with Crippen molar-refractivity contribution in [2.75, 3.05) is 0 Å². The highest BCUT2D eigenvalue weighted by atomic mass is 127. The Morgan fingerprint density at radius 3 is 2.90 bits per heavy atom. The molecule has 0 saturated heterocycles. The standard InChI is InChI=1S/C6H5IN2O/c10-6-8-4-1-2-7-3-5(4)9-6/h1-3H,(H2,8,9,10). The van der Waals surface area contributed by atoms with Crippen molar-refractivity contribution < 1.29 is 0 Å². The summed E-state index contributed by atoms with van der Waals surface area (Å²) in [5.74, 6) is 0. The van der Waals surface area contributed by atoms with Gasteiger partial charge in [-0.3, -0.25) is 0 Å². The molecule has 0 saturated carbocycles. The molecule has 2 heterocycles. The van der Waals surface area contributed by atoms with E-state index in [1.54, 1.807) is 0 Å². The summed E-state index contributed by atoms with van der Waals surface area (Å²) in [6.45, 7) is 0. The third-order valence-corrected chi connectivity index (χ3v) is 3.02. The van der Waals surface area contributed by atoms with Crippen LogP contribution in [0, 0.1) is 0 Å². The molecule has 0 aliphatic carbocycles. The van der Waals surface area contributed by atoms with Crippen LogP contribution < -0.4 is 16.4 Å². The van der Waals surface area contributed by atoms with Crippen LogP contribution in [0.15, 0.2) is 4.79 Å². The van der Waals surface area contributed by atoms with Gasteiger partial charge in [0.25, 0.3) is 0 Å². The van der Waals surface area contributed by atoms with Crippen molar-refractivity contribution in [3.8, 4) is 0 Å². The van der Waals surface area contributed by atoms with Crippen LogP contribution in [0.5, 0.6) is 0 Å². The number of rotatable bonds is 0. The molecule has 0 atom stereocenters. The van der Waals surface area contributed by atoms with Crippen LogP contribution in [0.2, 0.25) is 0 Å². The highest BCUT2D eigenvalue weighted by molar-refractivity contribution is 14.2. The lowest BCUT2D eigenvalue weighted by molar-refractivity contribution is 1.17. The van der Waals surface area contributed by atoms with Crippen molar-refractivity contribution in [2.45, 2.75) is 0 Å². The molecular weight excluding hydrogens is 243 g/mol. The average molecular weight is 248 g/mol. The molecule has 0 spiro atoms. The number of hydrogen-bond donors (Lipinski definition) is 2. The van der Waals surface area contributed by atoms with E-state index >= 15 is 0 Å². The average Bonchev–Trinajstić information content (AvgIpc) is 2.27. The third-order valence-electron chi connectivity index (χ3n) is 1.26. The van der Waals surface area contributed by atoms with Gasteiger partial charge in [0.15, 0.2) is 0 Å². The second-order valence-electron chi connectivity index (χ2n) is 1.93. The maximum atomic E-state index is 10.7. The Balaban J connectivity index is 3.04. The molecule has 0 amide bonds. The van der Waals surface area contributed by atoms with E-state index in [-0.39, 0.29) is 26.4 Å². The molecule has 1 aromatic heterocycles. The van der Waals surface area contributed by atoms with Gasteiger partial charge in [-0.15, -0.1) is 0 Å². The predicted molar refractivity (Wildman–Crippen MR) is 49.7 cm³/mol. The summed E-state index contributed by atoms with van der Waals surface area (Å²) in [5.41, 5.74) is -0.114. The first-order valence-corrected chi connectivity index (χ1v) is 5.29. The van der Waals surface area contributed by atoms with E-state index in [1.807, 2.05) is 6.08 Å². The van der Waals surface area contributed by atoms with E-state index < -0.39 is 0 Å². The SMILES string of the molecule is O=c1[nH]c2c([nH]1)=CI=CC=2. The molecule has 4 heteroatoms. The normalized spacial score (nSPS) is 14.4. The number of aromatic nitrogens is 2. The molecule has 0 radical (unpaired) electrons. The van der Waals surface area contributed by atoms with Crippen molar-refractivity contribution in [2.24, 2.45) is 0 Å². The fraction of sp³-hybridized carbons (Fsp3) is 0. The Labute approximate surface area is 66.2 Å². The predicted octanol–water partition coefficient (Wildman–Crippen LogP) is -0.992. The van der Waals surface area contributed by atoms with E-state index in [4.69, 9.17) is 0 Å². The zero-order chi connectivity index (χ0) is 6.97. The Hall–Kier alpha value is -0.650. The quantitative estimate of drug-likeness (QED) is 0.569. The van der Waals surface area contributed by atoms with Gasteiger partial charge in [0.2, 0.25) is 0 Å². The van der Waals surface area contributed by atoms with Crippen LogP contribution >= 0.6 is 20.7 Å². The topological polar surface area (TPSA) is 48.6 Å². The third kappa shape index (κ3) is 0.880. The second-order valence-corrected chi connectivity index (χ2v) is 4.00. The summed E-state index contributed by atoms with van der Waals surface area (Å²) < 4.78 is 4.21. The lowest BCUT2D eigenvalue weighted by atomic mass is 10.5. The fourth-order valence-electron chi connectivity index (χ4n) is 0.827. The molecule has 1 aliphatic rings. The van der Waals surface area contributed by atoms with Crippen LogP contribution in [0.1, 0.15) is 0 Å². The lowest BCUT2D eigenvalue weighted by Gasteiger charge is -1.80. The Morgan fingerprint density at radius 1 is 1.30 bits per heavy atom. The van der Waals surface area contributed by atoms with Crippen molar-refractivity contribution >= 4 is 34.9 Å². The van der Waals surface area contributed by atoms with E-state index in [0.717, 1.165) is 10.7 Å². The number of hydrogen-bond acceptors (Lipinski definition) is 1. The van der Waals surface area contributed by atoms with E-state index in [1.165, 1.54) is 0 Å². The van der Waals surface area contributed by atoms with Crippen LogP contribution in [-0.2, 0) is 0 Å². The van der Waals surface area contributed by atoms with E-state index in [2.05, 4.69) is 18.1 Å². The molecule has 2 N–H and O–H groups in total. The first-order valence-electron chi connectivity index (χ1n) is 2.80. The molecule has 1 aromatic rings. The highest BCUT2D eigenvalue weighted by Gasteiger charge is 1.90. The highest BCUT2D eigenvalue weighted by Crippen LogP contribution is 1.95. The molecule has 3 nitrogen and oxygen atoms in total. The summed E-state index contributed by atoms with van der Waals surface area (Å²) in [4.78, 5) is 16.1. The Bertz CT molecular complexity index is 399. The maximum absolute atomic E-state index is 10.7. The first-order chi connectivity index (χ1) is 4.86. The zero-order valence-corrected chi connectivity index (χ0v) is 7.18.